The summed E-state index contributed by atoms with van der Waals surface area (Å²) in [4.78, 5) is 1.14. The molecule has 0 radical (unpaired) electrons. The van der Waals surface area contributed by atoms with Crippen LogP contribution in [-0.2, 0) is 7.05 Å². The van der Waals surface area contributed by atoms with E-state index in [9.17, 15) is 0 Å². The zero-order valence-corrected chi connectivity index (χ0v) is 12.7. The maximum Gasteiger partial charge on any atom is 0.130 e. The molecular weight excluding hydrogens is 322 g/mol. The van der Waals surface area contributed by atoms with Gasteiger partial charge in [0.15, 0.2) is 0 Å². The van der Waals surface area contributed by atoms with E-state index < -0.39 is 0 Å². The number of anilines is 1. The van der Waals surface area contributed by atoms with Crippen LogP contribution in [0.4, 0.5) is 5.82 Å². The van der Waals surface area contributed by atoms with Crippen LogP contribution in [0.2, 0.25) is 0 Å². The summed E-state index contributed by atoms with van der Waals surface area (Å²) in [7, 11) is 1.87. The molecule has 2 heterocycles. The number of thiophene rings is 1. The van der Waals surface area contributed by atoms with Gasteiger partial charge in [-0.15, -0.1) is 11.3 Å². The molecule has 0 aliphatic rings. The maximum atomic E-state index is 6.16. The third kappa shape index (κ3) is 2.19. The minimum atomic E-state index is 0.695. The van der Waals surface area contributed by atoms with Gasteiger partial charge in [0.25, 0.3) is 0 Å². The van der Waals surface area contributed by atoms with E-state index in [-0.39, 0.29) is 0 Å². The molecule has 3 aromatic rings. The van der Waals surface area contributed by atoms with Crippen LogP contribution in [0, 0.1) is 0 Å². The molecule has 0 amide bonds. The standard InChI is InChI=1S/C14H12BrN3S/c1-18-14(16)12(11-3-2-8-19-11)13(17-18)9-4-6-10(15)7-5-9/h2-8H,16H2,1H3. The molecule has 0 bridgehead atoms. The van der Waals surface area contributed by atoms with Gasteiger partial charge in [-0.1, -0.05) is 34.1 Å². The number of nitrogens with zero attached hydrogens (tertiary/aromatic N) is 2. The second-order valence-corrected chi connectivity index (χ2v) is 6.08. The van der Waals surface area contributed by atoms with Crippen LogP contribution in [0.5, 0.6) is 0 Å². The summed E-state index contributed by atoms with van der Waals surface area (Å²) in [5.74, 6) is 0.695. The Labute approximate surface area is 123 Å². The van der Waals surface area contributed by atoms with Gasteiger partial charge < -0.3 is 5.73 Å². The number of benzene rings is 1. The Balaban J connectivity index is 2.22. The average molecular weight is 334 g/mol. The molecule has 96 valence electrons. The Bertz CT molecular complexity index is 699. The van der Waals surface area contributed by atoms with Crippen molar-refractivity contribution in [3.63, 3.8) is 0 Å². The fraction of sp³-hybridized carbons (Fsp3) is 0.0714. The molecule has 0 aliphatic carbocycles. The van der Waals surface area contributed by atoms with E-state index in [4.69, 9.17) is 5.73 Å². The van der Waals surface area contributed by atoms with E-state index in [0.717, 1.165) is 26.2 Å². The normalized spacial score (nSPS) is 10.8. The molecular formula is C14H12BrN3S. The van der Waals surface area contributed by atoms with Crippen molar-refractivity contribution in [3.05, 3.63) is 46.3 Å². The average Bonchev–Trinajstić information content (AvgIpc) is 3.00. The summed E-state index contributed by atoms with van der Waals surface area (Å²) < 4.78 is 2.78. The molecule has 2 N–H and O–H groups in total. The van der Waals surface area contributed by atoms with Gasteiger partial charge in [0.2, 0.25) is 0 Å². The summed E-state index contributed by atoms with van der Waals surface area (Å²) in [6, 6.07) is 12.2. The quantitative estimate of drug-likeness (QED) is 0.765. The second-order valence-electron chi connectivity index (χ2n) is 4.22. The highest BCUT2D eigenvalue weighted by Gasteiger charge is 2.17. The Morgan fingerprint density at radius 1 is 1.21 bits per heavy atom. The first-order valence-electron chi connectivity index (χ1n) is 5.79. The SMILES string of the molecule is Cn1nc(-c2ccc(Br)cc2)c(-c2cccs2)c1N. The van der Waals surface area contributed by atoms with Crippen molar-refractivity contribution in [3.8, 4) is 21.7 Å². The van der Waals surface area contributed by atoms with Crippen LogP contribution in [0.1, 0.15) is 0 Å². The Morgan fingerprint density at radius 2 is 1.95 bits per heavy atom. The largest absolute Gasteiger partial charge is 0.383 e. The van der Waals surface area contributed by atoms with E-state index in [1.54, 1.807) is 16.0 Å². The Hall–Kier alpha value is -1.59. The molecule has 2 aromatic heterocycles. The van der Waals surface area contributed by atoms with Crippen molar-refractivity contribution in [2.24, 2.45) is 7.05 Å². The van der Waals surface area contributed by atoms with Gasteiger partial charge in [0.1, 0.15) is 11.5 Å². The Kier molecular flexibility index (Phi) is 3.16. The number of halogens is 1. The lowest BCUT2D eigenvalue weighted by Crippen LogP contribution is -1.97. The van der Waals surface area contributed by atoms with Gasteiger partial charge in [-0.3, -0.25) is 4.68 Å². The predicted molar refractivity (Wildman–Crippen MR) is 84.1 cm³/mol. The van der Waals surface area contributed by atoms with Crippen molar-refractivity contribution in [2.75, 3.05) is 5.73 Å². The number of aromatic nitrogens is 2. The lowest BCUT2D eigenvalue weighted by atomic mass is 10.1. The topological polar surface area (TPSA) is 43.8 Å². The molecule has 0 spiro atoms. The zero-order valence-electron chi connectivity index (χ0n) is 10.3. The third-order valence-corrected chi connectivity index (χ3v) is 4.39. The number of nitrogens with two attached hydrogens (primary N) is 1. The summed E-state index contributed by atoms with van der Waals surface area (Å²) in [6.45, 7) is 0. The highest BCUT2D eigenvalue weighted by atomic mass is 79.9. The van der Waals surface area contributed by atoms with Crippen LogP contribution in [-0.4, -0.2) is 9.78 Å². The molecule has 5 heteroatoms. The molecule has 0 fully saturated rings. The van der Waals surface area contributed by atoms with Gasteiger partial charge in [0, 0.05) is 22.0 Å². The highest BCUT2D eigenvalue weighted by Crippen LogP contribution is 2.38. The minimum Gasteiger partial charge on any atom is -0.383 e. The van der Waals surface area contributed by atoms with E-state index in [0.29, 0.717) is 5.82 Å². The fourth-order valence-corrected chi connectivity index (χ4v) is 3.05. The lowest BCUT2D eigenvalue weighted by Gasteiger charge is -2.02. The first-order valence-corrected chi connectivity index (χ1v) is 7.46. The number of hydrogen-bond acceptors (Lipinski definition) is 3. The summed E-state index contributed by atoms with van der Waals surface area (Å²) >= 11 is 5.12. The lowest BCUT2D eigenvalue weighted by molar-refractivity contribution is 0.782. The van der Waals surface area contributed by atoms with Gasteiger partial charge in [0.05, 0.1) is 5.56 Å². The molecule has 0 saturated heterocycles. The Morgan fingerprint density at radius 3 is 2.58 bits per heavy atom. The van der Waals surface area contributed by atoms with Crippen molar-refractivity contribution in [2.45, 2.75) is 0 Å². The third-order valence-electron chi connectivity index (χ3n) is 2.98. The van der Waals surface area contributed by atoms with Gasteiger partial charge in [-0.05, 0) is 23.6 Å². The van der Waals surface area contributed by atoms with Gasteiger partial charge in [-0.25, -0.2) is 0 Å². The van der Waals surface area contributed by atoms with Crippen LogP contribution in [0.15, 0.2) is 46.3 Å². The molecule has 0 aliphatic heterocycles. The van der Waals surface area contributed by atoms with Crippen molar-refractivity contribution in [1.29, 1.82) is 0 Å². The number of hydrogen-bond donors (Lipinski definition) is 1. The van der Waals surface area contributed by atoms with Crippen LogP contribution < -0.4 is 5.73 Å². The predicted octanol–water partition coefficient (Wildman–Crippen LogP) is 4.16. The van der Waals surface area contributed by atoms with Crippen LogP contribution in [0.25, 0.3) is 21.7 Å². The molecule has 1 aromatic carbocycles. The van der Waals surface area contributed by atoms with E-state index in [1.807, 2.05) is 42.8 Å². The molecule has 19 heavy (non-hydrogen) atoms. The van der Waals surface area contributed by atoms with Crippen LogP contribution in [0.3, 0.4) is 0 Å². The number of aryl methyl sites for hydroxylation is 1. The molecule has 0 unspecified atom stereocenters. The minimum absolute atomic E-state index is 0.695. The van der Waals surface area contributed by atoms with Crippen LogP contribution >= 0.6 is 27.3 Å². The molecule has 0 saturated carbocycles. The molecule has 0 atom stereocenters. The first kappa shape index (κ1) is 12.4. The van der Waals surface area contributed by atoms with E-state index in [2.05, 4.69) is 27.1 Å². The maximum absolute atomic E-state index is 6.16. The van der Waals surface area contributed by atoms with Crippen molar-refractivity contribution in [1.82, 2.24) is 9.78 Å². The molecule has 3 rings (SSSR count). The molecule has 3 nitrogen and oxygen atoms in total. The highest BCUT2D eigenvalue weighted by molar-refractivity contribution is 9.10. The summed E-state index contributed by atoms with van der Waals surface area (Å²) in [5, 5.41) is 6.60. The van der Waals surface area contributed by atoms with Gasteiger partial charge >= 0.3 is 0 Å². The number of rotatable bonds is 2. The second kappa shape index (κ2) is 4.83. The van der Waals surface area contributed by atoms with Crippen molar-refractivity contribution < 1.29 is 0 Å². The summed E-state index contributed by atoms with van der Waals surface area (Å²) in [6.07, 6.45) is 0. The van der Waals surface area contributed by atoms with Gasteiger partial charge in [-0.2, -0.15) is 5.10 Å². The number of nitrogen functional groups attached to an aromatic ring is 1. The zero-order chi connectivity index (χ0) is 13.4. The van der Waals surface area contributed by atoms with Crippen molar-refractivity contribution >= 4 is 33.1 Å². The summed E-state index contributed by atoms with van der Waals surface area (Å²) in [5.41, 5.74) is 9.17. The van der Waals surface area contributed by atoms with E-state index >= 15 is 0 Å². The smallest absolute Gasteiger partial charge is 0.130 e. The first-order chi connectivity index (χ1) is 9.16. The fourth-order valence-electron chi connectivity index (χ4n) is 2.01. The van der Waals surface area contributed by atoms with E-state index in [1.165, 1.54) is 0 Å². The monoisotopic (exact) mass is 333 g/mol.